The predicted octanol–water partition coefficient (Wildman–Crippen LogP) is 2.88. The topological polar surface area (TPSA) is 26.3 Å². The Morgan fingerprint density at radius 2 is 2.20 bits per heavy atom. The van der Waals surface area contributed by atoms with Gasteiger partial charge in [-0.25, -0.2) is 0 Å². The van der Waals surface area contributed by atoms with E-state index >= 15 is 0 Å². The number of methoxy groups -OCH3 is 1. The van der Waals surface area contributed by atoms with Crippen molar-refractivity contribution in [2.24, 2.45) is 0 Å². The van der Waals surface area contributed by atoms with Crippen molar-refractivity contribution >= 4 is 23.5 Å². The average Bonchev–Trinajstić information content (AvgIpc) is 2.59. The quantitative estimate of drug-likeness (QED) is 0.769. The molecule has 78 valence electrons. The molecule has 1 aromatic rings. The van der Waals surface area contributed by atoms with Crippen LogP contribution in [0.15, 0.2) is 17.7 Å². The van der Waals surface area contributed by atoms with Gasteiger partial charge in [-0.2, -0.15) is 0 Å². The summed E-state index contributed by atoms with van der Waals surface area (Å²) in [5.41, 5.74) is 2.85. The number of carbonyl (C=O) groups excluding carboxylic acids is 1. The van der Waals surface area contributed by atoms with Crippen LogP contribution >= 0.6 is 11.6 Å². The van der Waals surface area contributed by atoms with Crippen molar-refractivity contribution in [1.82, 2.24) is 0 Å². The Bertz CT molecular complexity index is 461. The molecule has 0 fully saturated rings. The summed E-state index contributed by atoms with van der Waals surface area (Å²) in [6.45, 7) is 1.58. The standard InChI is InChI=1S/C12H11ClO2/c1-7(14)8-3-9-4-10(13)6-12(15-2)11(9)5-8/h4-6H,3H2,1-2H3. The fraction of sp³-hybridized carbons (Fsp3) is 0.250. The molecule has 0 amide bonds. The third-order valence-corrected chi connectivity index (χ3v) is 2.78. The van der Waals surface area contributed by atoms with Crippen molar-refractivity contribution < 1.29 is 9.53 Å². The summed E-state index contributed by atoms with van der Waals surface area (Å²) in [5, 5.41) is 0.642. The minimum atomic E-state index is 0.101. The molecule has 2 rings (SSSR count). The number of hydrogen-bond donors (Lipinski definition) is 0. The molecular weight excluding hydrogens is 212 g/mol. The van der Waals surface area contributed by atoms with Crippen LogP contribution in [0.2, 0.25) is 5.02 Å². The van der Waals surface area contributed by atoms with Gasteiger partial charge in [0.05, 0.1) is 7.11 Å². The summed E-state index contributed by atoms with van der Waals surface area (Å²) in [7, 11) is 1.60. The first-order valence-corrected chi connectivity index (χ1v) is 5.07. The zero-order valence-corrected chi connectivity index (χ0v) is 9.39. The first kappa shape index (κ1) is 10.2. The Morgan fingerprint density at radius 1 is 1.47 bits per heavy atom. The molecule has 1 aliphatic rings. The van der Waals surface area contributed by atoms with E-state index in [-0.39, 0.29) is 5.78 Å². The van der Waals surface area contributed by atoms with Gasteiger partial charge in [-0.05, 0) is 36.3 Å². The molecule has 0 radical (unpaired) electrons. The minimum absolute atomic E-state index is 0.101. The summed E-state index contributed by atoms with van der Waals surface area (Å²) in [6.07, 6.45) is 2.54. The maximum absolute atomic E-state index is 11.3. The molecule has 1 aromatic carbocycles. The predicted molar refractivity (Wildman–Crippen MR) is 60.4 cm³/mol. The molecule has 3 heteroatoms. The van der Waals surface area contributed by atoms with Crippen LogP contribution in [-0.2, 0) is 11.2 Å². The lowest BCUT2D eigenvalue weighted by atomic mass is 10.1. The second-order valence-corrected chi connectivity index (χ2v) is 4.02. The third kappa shape index (κ3) is 1.77. The lowest BCUT2D eigenvalue weighted by Crippen LogP contribution is -1.95. The van der Waals surface area contributed by atoms with E-state index < -0.39 is 0 Å². The molecule has 1 aliphatic carbocycles. The monoisotopic (exact) mass is 222 g/mol. The van der Waals surface area contributed by atoms with Gasteiger partial charge >= 0.3 is 0 Å². The van der Waals surface area contributed by atoms with Crippen LogP contribution in [0.3, 0.4) is 0 Å². The molecular formula is C12H11ClO2. The number of carbonyl (C=O) groups is 1. The van der Waals surface area contributed by atoms with Crippen LogP contribution < -0.4 is 4.74 Å². The van der Waals surface area contributed by atoms with E-state index in [9.17, 15) is 4.79 Å². The first-order chi connectivity index (χ1) is 7.11. The van der Waals surface area contributed by atoms with Crippen LogP contribution in [0.1, 0.15) is 18.1 Å². The molecule has 0 spiro atoms. The molecule has 0 N–H and O–H groups in total. The van der Waals surface area contributed by atoms with Gasteiger partial charge < -0.3 is 4.74 Å². The van der Waals surface area contributed by atoms with Crippen molar-refractivity contribution in [2.45, 2.75) is 13.3 Å². The first-order valence-electron chi connectivity index (χ1n) is 4.69. The molecule has 15 heavy (non-hydrogen) atoms. The van der Waals surface area contributed by atoms with Crippen molar-refractivity contribution in [3.63, 3.8) is 0 Å². The van der Waals surface area contributed by atoms with Gasteiger partial charge in [0.15, 0.2) is 5.78 Å². The highest BCUT2D eigenvalue weighted by atomic mass is 35.5. The Kier molecular flexibility index (Phi) is 2.53. The maximum Gasteiger partial charge on any atom is 0.156 e. The highest BCUT2D eigenvalue weighted by molar-refractivity contribution is 6.31. The molecule has 2 nitrogen and oxygen atoms in total. The SMILES string of the molecule is COc1cc(Cl)cc2c1C=C(C(C)=O)C2. The second kappa shape index (κ2) is 3.70. The van der Waals surface area contributed by atoms with E-state index in [4.69, 9.17) is 16.3 Å². The number of hydrogen-bond acceptors (Lipinski definition) is 2. The van der Waals surface area contributed by atoms with Gasteiger partial charge in [0.2, 0.25) is 0 Å². The summed E-state index contributed by atoms with van der Waals surface area (Å²) >= 11 is 5.95. The number of rotatable bonds is 2. The largest absolute Gasteiger partial charge is 0.496 e. The smallest absolute Gasteiger partial charge is 0.156 e. The van der Waals surface area contributed by atoms with Crippen molar-refractivity contribution in [2.75, 3.05) is 7.11 Å². The van der Waals surface area contributed by atoms with Gasteiger partial charge in [-0.1, -0.05) is 11.6 Å². The molecule has 0 bridgehead atoms. The van der Waals surface area contributed by atoms with E-state index in [0.717, 1.165) is 22.4 Å². The summed E-state index contributed by atoms with van der Waals surface area (Å²) in [4.78, 5) is 11.3. The van der Waals surface area contributed by atoms with Gasteiger partial charge in [0, 0.05) is 17.0 Å². The summed E-state index contributed by atoms with van der Waals surface area (Å²) in [6, 6.07) is 3.64. The highest BCUT2D eigenvalue weighted by Gasteiger charge is 2.19. The molecule has 0 atom stereocenters. The lowest BCUT2D eigenvalue weighted by molar-refractivity contribution is -0.113. The fourth-order valence-corrected chi connectivity index (χ4v) is 2.01. The number of allylic oxidation sites excluding steroid dienone is 1. The van der Waals surface area contributed by atoms with Gasteiger partial charge in [-0.15, -0.1) is 0 Å². The van der Waals surface area contributed by atoms with Crippen LogP contribution in [0, 0.1) is 0 Å². The normalized spacial score (nSPS) is 13.4. The fourth-order valence-electron chi connectivity index (χ4n) is 1.78. The maximum atomic E-state index is 11.3. The van der Waals surface area contributed by atoms with Crippen molar-refractivity contribution in [3.8, 4) is 5.75 Å². The van der Waals surface area contributed by atoms with Crippen LogP contribution in [0.25, 0.3) is 6.08 Å². The molecule has 0 unspecified atom stereocenters. The summed E-state index contributed by atoms with van der Waals surface area (Å²) in [5.74, 6) is 0.832. The average molecular weight is 223 g/mol. The zero-order valence-electron chi connectivity index (χ0n) is 8.63. The van der Waals surface area contributed by atoms with E-state index in [1.807, 2.05) is 12.1 Å². The van der Waals surface area contributed by atoms with Crippen LogP contribution in [0.5, 0.6) is 5.75 Å². The van der Waals surface area contributed by atoms with E-state index in [0.29, 0.717) is 11.4 Å². The van der Waals surface area contributed by atoms with Gasteiger partial charge in [0.1, 0.15) is 5.75 Å². The number of ketones is 1. The van der Waals surface area contributed by atoms with Crippen LogP contribution in [-0.4, -0.2) is 12.9 Å². The van der Waals surface area contributed by atoms with E-state index in [1.165, 1.54) is 0 Å². The Labute approximate surface area is 93.5 Å². The number of halogens is 1. The van der Waals surface area contributed by atoms with Gasteiger partial charge in [0.25, 0.3) is 0 Å². The van der Waals surface area contributed by atoms with Crippen molar-refractivity contribution in [1.29, 1.82) is 0 Å². The van der Waals surface area contributed by atoms with E-state index in [1.54, 1.807) is 20.1 Å². The number of benzene rings is 1. The van der Waals surface area contributed by atoms with Crippen LogP contribution in [0.4, 0.5) is 0 Å². The summed E-state index contributed by atoms with van der Waals surface area (Å²) < 4.78 is 5.23. The lowest BCUT2D eigenvalue weighted by Gasteiger charge is -2.06. The Hall–Kier alpha value is -1.28. The second-order valence-electron chi connectivity index (χ2n) is 3.58. The van der Waals surface area contributed by atoms with Gasteiger partial charge in [-0.3, -0.25) is 4.79 Å². The molecule has 0 saturated heterocycles. The highest BCUT2D eigenvalue weighted by Crippen LogP contribution is 2.35. The molecule has 0 heterocycles. The molecule has 0 aliphatic heterocycles. The van der Waals surface area contributed by atoms with Crippen molar-refractivity contribution in [3.05, 3.63) is 33.9 Å². The molecule has 0 aromatic heterocycles. The third-order valence-electron chi connectivity index (χ3n) is 2.56. The minimum Gasteiger partial charge on any atom is -0.496 e. The Morgan fingerprint density at radius 3 is 2.80 bits per heavy atom. The zero-order chi connectivity index (χ0) is 11.0. The number of Topliss-reactive ketones (excluding diaryl/α,β-unsaturated/α-hetero) is 1. The molecule has 0 saturated carbocycles. The van der Waals surface area contributed by atoms with E-state index in [2.05, 4.69) is 0 Å². The number of ether oxygens (including phenoxy) is 1. The number of fused-ring (bicyclic) bond motifs is 1. The Balaban J connectivity index is 2.51.